The average Bonchev–Trinajstić information content (AvgIpc) is 4.12. The molecule has 6 aliphatic heterocycles. The van der Waals surface area contributed by atoms with Crippen molar-refractivity contribution in [2.24, 2.45) is 35.5 Å². The number of allylic oxidation sites excluding steroid dienone is 2. The van der Waals surface area contributed by atoms with E-state index in [4.69, 9.17) is 0 Å². The van der Waals surface area contributed by atoms with E-state index in [1.807, 2.05) is 69.2 Å². The van der Waals surface area contributed by atoms with Gasteiger partial charge in [0.25, 0.3) is 11.1 Å². The Morgan fingerprint density at radius 3 is 1.28 bits per heavy atom. The molecule has 0 radical (unpaired) electrons. The molecule has 2 aromatic heterocycles. The summed E-state index contributed by atoms with van der Waals surface area (Å²) in [5.41, 5.74) is 3.36. The zero-order valence-electron chi connectivity index (χ0n) is 38.6. The van der Waals surface area contributed by atoms with E-state index in [9.17, 15) is 29.4 Å². The van der Waals surface area contributed by atoms with Crippen molar-refractivity contribution in [3.8, 4) is 0 Å². The van der Waals surface area contributed by atoms with E-state index in [-0.39, 0.29) is 84.0 Å². The van der Waals surface area contributed by atoms with Crippen LogP contribution in [-0.4, -0.2) is 115 Å². The van der Waals surface area contributed by atoms with Gasteiger partial charge in [-0.05, 0) is 114 Å². The maximum atomic E-state index is 13.8. The molecule has 348 valence electrons. The van der Waals surface area contributed by atoms with E-state index in [1.165, 1.54) is 64.2 Å². The molecule has 10 rings (SSSR count). The Bertz CT molecular complexity index is 2000. The molecule has 8 atom stereocenters. The monoisotopic (exact) mass is 879 g/mol. The highest BCUT2D eigenvalue weighted by molar-refractivity contribution is 5.82. The van der Waals surface area contributed by atoms with Crippen molar-refractivity contribution in [1.29, 1.82) is 0 Å². The molecule has 6 fully saturated rings. The van der Waals surface area contributed by atoms with Gasteiger partial charge < -0.3 is 29.1 Å². The van der Waals surface area contributed by atoms with Crippen molar-refractivity contribution in [2.75, 3.05) is 52.5 Å². The van der Waals surface area contributed by atoms with Crippen LogP contribution in [0.15, 0.2) is 46.0 Å². The topological polar surface area (TPSA) is 132 Å². The molecule has 2 N–H and O–H groups in total. The predicted molar refractivity (Wildman–Crippen MR) is 250 cm³/mol. The standard InChI is InChI=1S/2C26H37N3O3/c2*1-2-8-19-11-12-21-24-23(26(32)27-13-6-3-7-14-27)20(17-30)22(16-29(21)25(19)31)28(24)15-18-9-4-5-10-18/h2*2,8,11-12,18,20,22-24,30H,3-7,9-10,13-17H2,1H3/b8-2+;8-2-/t2*20-,22-,23+,24+/m00/s1. The number of aliphatic hydroxyl groups excluding tert-OH is 2. The first-order valence-corrected chi connectivity index (χ1v) is 25.3. The van der Waals surface area contributed by atoms with Gasteiger partial charge in [0.1, 0.15) is 0 Å². The Balaban J connectivity index is 0.000000162. The van der Waals surface area contributed by atoms with Gasteiger partial charge in [0.05, 0.1) is 23.9 Å². The lowest BCUT2D eigenvalue weighted by atomic mass is 9.85. The first kappa shape index (κ1) is 45.3. The third kappa shape index (κ3) is 8.43. The molecule has 8 heterocycles. The van der Waals surface area contributed by atoms with Gasteiger partial charge in [-0.3, -0.25) is 29.0 Å². The number of aromatic nitrogens is 2. The van der Waals surface area contributed by atoms with Gasteiger partial charge in [0.15, 0.2) is 0 Å². The van der Waals surface area contributed by atoms with Gasteiger partial charge in [0.2, 0.25) is 11.8 Å². The maximum Gasteiger partial charge on any atom is 0.258 e. The summed E-state index contributed by atoms with van der Waals surface area (Å²) < 4.78 is 3.81. The highest BCUT2D eigenvalue weighted by Gasteiger charge is 2.58. The lowest BCUT2D eigenvalue weighted by Gasteiger charge is -2.40. The number of piperidine rings is 2. The molecule has 2 amide bonds. The minimum Gasteiger partial charge on any atom is -0.396 e. The van der Waals surface area contributed by atoms with E-state index >= 15 is 0 Å². The van der Waals surface area contributed by atoms with Crippen molar-refractivity contribution >= 4 is 24.0 Å². The fourth-order valence-electron chi connectivity index (χ4n) is 13.8. The molecule has 64 heavy (non-hydrogen) atoms. The van der Waals surface area contributed by atoms with Crippen LogP contribution < -0.4 is 11.1 Å². The molecule has 12 nitrogen and oxygen atoms in total. The van der Waals surface area contributed by atoms with Crippen LogP contribution in [0.1, 0.15) is 138 Å². The van der Waals surface area contributed by atoms with Crippen molar-refractivity contribution in [2.45, 2.75) is 141 Å². The third-order valence-corrected chi connectivity index (χ3v) is 16.9. The van der Waals surface area contributed by atoms with Gasteiger partial charge in [-0.25, -0.2) is 0 Å². The zero-order valence-corrected chi connectivity index (χ0v) is 38.6. The predicted octanol–water partition coefficient (Wildman–Crippen LogP) is 6.10. The Morgan fingerprint density at radius 1 is 0.562 bits per heavy atom. The van der Waals surface area contributed by atoms with E-state index < -0.39 is 0 Å². The molecular formula is C52H74N6O6. The number of amides is 2. The molecule has 2 aliphatic carbocycles. The molecule has 0 spiro atoms. The van der Waals surface area contributed by atoms with Gasteiger partial charge in [0, 0.05) is 112 Å². The van der Waals surface area contributed by atoms with Crippen molar-refractivity contribution in [3.63, 3.8) is 0 Å². The molecule has 12 heteroatoms. The number of likely N-dealkylation sites (tertiary alicyclic amines) is 2. The van der Waals surface area contributed by atoms with Crippen LogP contribution in [0.2, 0.25) is 0 Å². The average molecular weight is 879 g/mol. The van der Waals surface area contributed by atoms with Crippen molar-refractivity contribution in [3.05, 3.63) is 79.6 Å². The summed E-state index contributed by atoms with van der Waals surface area (Å²) in [7, 11) is 0. The van der Waals surface area contributed by atoms with Gasteiger partial charge in [-0.15, -0.1) is 0 Å². The number of fused-ring (bicyclic) bond motifs is 8. The lowest BCUT2D eigenvalue weighted by molar-refractivity contribution is -0.140. The Morgan fingerprint density at radius 2 is 0.938 bits per heavy atom. The van der Waals surface area contributed by atoms with Gasteiger partial charge in [-0.1, -0.05) is 50.0 Å². The summed E-state index contributed by atoms with van der Waals surface area (Å²) in [6.07, 6.45) is 24.3. The number of rotatable bonds is 10. The van der Waals surface area contributed by atoms with E-state index in [1.54, 1.807) is 0 Å². The fourth-order valence-corrected chi connectivity index (χ4v) is 13.8. The summed E-state index contributed by atoms with van der Waals surface area (Å²) in [4.78, 5) is 63.3. The van der Waals surface area contributed by atoms with Crippen molar-refractivity contribution < 1.29 is 19.8 Å². The first-order valence-electron chi connectivity index (χ1n) is 25.3. The molecular weight excluding hydrogens is 805 g/mol. The molecule has 0 aromatic carbocycles. The lowest BCUT2D eigenvalue weighted by Crippen LogP contribution is -2.48. The van der Waals surface area contributed by atoms with Crippen LogP contribution in [0.4, 0.5) is 0 Å². The largest absolute Gasteiger partial charge is 0.396 e. The van der Waals surface area contributed by atoms with E-state index in [0.717, 1.165) is 76.3 Å². The van der Waals surface area contributed by atoms with E-state index in [0.29, 0.717) is 36.1 Å². The minimum atomic E-state index is -0.273. The quantitative estimate of drug-likeness (QED) is 0.293. The van der Waals surface area contributed by atoms with Crippen molar-refractivity contribution in [1.82, 2.24) is 28.7 Å². The Labute approximate surface area is 380 Å². The minimum absolute atomic E-state index is 0.00294. The summed E-state index contributed by atoms with van der Waals surface area (Å²) in [5.74, 6) is 0.890. The fraction of sp³-hybridized carbons (Fsp3) is 0.692. The number of aliphatic hydroxyl groups is 2. The van der Waals surface area contributed by atoms with E-state index in [2.05, 4.69) is 21.9 Å². The number of hydrogen-bond donors (Lipinski definition) is 2. The highest BCUT2D eigenvalue weighted by atomic mass is 16.3. The maximum absolute atomic E-state index is 13.8. The van der Waals surface area contributed by atoms with Crippen LogP contribution >= 0.6 is 0 Å². The number of carbonyl (C=O) groups excluding carboxylic acids is 2. The van der Waals surface area contributed by atoms with Crippen LogP contribution in [0.25, 0.3) is 12.2 Å². The number of carbonyl (C=O) groups is 2. The zero-order chi connectivity index (χ0) is 44.5. The van der Waals surface area contributed by atoms with Crippen LogP contribution in [0.5, 0.6) is 0 Å². The SMILES string of the molecule is C/C=C/c1ccc2n(c1=O)C[C@H]1[C@H](CO)[C@@H](C(=O)N3CCCCC3)[C@@H]2N1CC1CCCC1.C/C=C\c1ccc2n(c1=O)C[C@H]1[C@H](CO)[C@@H](C(=O)N3CCCCC3)[C@@H]2N1CC1CCCC1. The second-order valence-electron chi connectivity index (χ2n) is 20.5. The second kappa shape index (κ2) is 19.9. The molecule has 8 aliphatic rings. The Hall–Kier alpha value is -3.84. The second-order valence-corrected chi connectivity index (χ2v) is 20.5. The smallest absolute Gasteiger partial charge is 0.258 e. The molecule has 0 unspecified atom stereocenters. The van der Waals surface area contributed by atoms with Gasteiger partial charge >= 0.3 is 0 Å². The highest BCUT2D eigenvalue weighted by Crippen LogP contribution is 2.51. The Kier molecular flexibility index (Phi) is 14.1. The van der Waals surface area contributed by atoms with Crippen LogP contribution in [0, 0.1) is 35.5 Å². The first-order chi connectivity index (χ1) is 31.3. The molecule has 4 saturated heterocycles. The number of nitrogens with zero attached hydrogens (tertiary/aromatic N) is 6. The summed E-state index contributed by atoms with van der Waals surface area (Å²) in [5, 5.41) is 21.0. The molecule has 2 aromatic rings. The number of hydrogen-bond acceptors (Lipinski definition) is 8. The molecule has 2 saturated carbocycles. The summed E-state index contributed by atoms with van der Waals surface area (Å²) in [6, 6.07) is 7.80. The van der Waals surface area contributed by atoms with Crippen LogP contribution in [0.3, 0.4) is 0 Å². The van der Waals surface area contributed by atoms with Gasteiger partial charge in [-0.2, -0.15) is 0 Å². The van der Waals surface area contributed by atoms with Crippen LogP contribution in [-0.2, 0) is 22.7 Å². The number of pyridine rings is 2. The summed E-state index contributed by atoms with van der Waals surface area (Å²) in [6.45, 7) is 10.2. The molecule has 4 bridgehead atoms. The normalized spacial score (nSPS) is 30.9. The third-order valence-electron chi connectivity index (χ3n) is 16.9. The summed E-state index contributed by atoms with van der Waals surface area (Å²) >= 11 is 0.